The molecule has 5 unspecified atom stereocenters. The number of halogens is 2. The zero-order valence-corrected chi connectivity index (χ0v) is 29.8. The minimum absolute atomic E-state index is 0. The predicted octanol–water partition coefficient (Wildman–Crippen LogP) is -3.22. The number of nitrogens with zero attached hydrogens (tertiary/aromatic N) is 7. The Hall–Kier alpha value is -6.40. The highest BCUT2D eigenvalue weighted by Gasteiger charge is 2.52. The Morgan fingerprint density at radius 3 is 1.55 bits per heavy atom. The third kappa shape index (κ3) is 18.6. The lowest BCUT2D eigenvalue weighted by Gasteiger charge is -2.42. The zero-order chi connectivity index (χ0) is 42.0. The van der Waals surface area contributed by atoms with Crippen molar-refractivity contribution in [2.75, 3.05) is 44.3 Å². The fourth-order valence-corrected chi connectivity index (χ4v) is 3.94. The molecule has 1 aliphatic heterocycles. The van der Waals surface area contributed by atoms with E-state index in [0.717, 1.165) is 0 Å². The fourth-order valence-electron chi connectivity index (χ4n) is 3.81. The predicted molar refractivity (Wildman–Crippen MR) is 181 cm³/mol. The van der Waals surface area contributed by atoms with Crippen LogP contribution < -0.4 is 22.9 Å². The third-order valence-corrected chi connectivity index (χ3v) is 6.43. The average Bonchev–Trinajstić information content (AvgIpc) is 3.07. The first-order valence-corrected chi connectivity index (χ1v) is 15.3. The number of nitro groups is 4. The lowest BCUT2D eigenvalue weighted by atomic mass is 9.98. The molecule has 0 bridgehead atoms. The smallest absolute Gasteiger partial charge is 0.313 e. The van der Waals surface area contributed by atoms with Gasteiger partial charge in [-0.25, -0.2) is 9.97 Å². The van der Waals surface area contributed by atoms with Crippen LogP contribution in [-0.2, 0) is 42.9 Å². The van der Waals surface area contributed by atoms with Gasteiger partial charge in [-0.3, -0.25) is 64.4 Å². The molecular formula is C24H33Cl2N11O19. The molecule has 1 aromatic heterocycles. The van der Waals surface area contributed by atoms with Crippen molar-refractivity contribution in [1.29, 1.82) is 0 Å². The molecule has 1 fully saturated rings. The number of carbonyl (C=O) groups excluding carboxylic acids is 5. The van der Waals surface area contributed by atoms with Gasteiger partial charge in [-0.05, 0) is 0 Å². The molecule has 56 heavy (non-hydrogen) atoms. The van der Waals surface area contributed by atoms with E-state index in [1.54, 1.807) is 0 Å². The summed E-state index contributed by atoms with van der Waals surface area (Å²) in [7, 11) is 0. The van der Waals surface area contributed by atoms with Gasteiger partial charge in [-0.2, -0.15) is 4.99 Å². The van der Waals surface area contributed by atoms with Crippen molar-refractivity contribution in [2.24, 2.45) is 16.5 Å². The van der Waals surface area contributed by atoms with Gasteiger partial charge in [0.25, 0.3) is 0 Å². The van der Waals surface area contributed by atoms with Gasteiger partial charge in [-0.15, -0.1) is 12.4 Å². The molecule has 30 nitrogen and oxygen atoms in total. The molecule has 0 radical (unpaired) electrons. The van der Waals surface area contributed by atoms with Crippen LogP contribution in [-0.4, -0.2) is 134 Å². The van der Waals surface area contributed by atoms with E-state index in [1.165, 1.54) is 0 Å². The maximum atomic E-state index is 12.3. The number of nitrogens with two attached hydrogens (primary N) is 4. The minimum Gasteiger partial charge on any atom is -0.463 e. The van der Waals surface area contributed by atoms with Gasteiger partial charge in [0.2, 0.25) is 26.2 Å². The molecule has 32 heteroatoms. The molecule has 1 saturated heterocycles. The Morgan fingerprint density at radius 1 is 0.714 bits per heavy atom. The molecule has 312 valence electrons. The molecule has 0 aliphatic carbocycles. The minimum atomic E-state index is -2.22. The van der Waals surface area contributed by atoms with Gasteiger partial charge >= 0.3 is 29.8 Å². The highest BCUT2D eigenvalue weighted by molar-refractivity contribution is 6.31. The average molecular weight is 850 g/mol. The van der Waals surface area contributed by atoms with E-state index in [4.69, 9.17) is 58.2 Å². The molecule has 0 saturated carbocycles. The summed E-state index contributed by atoms with van der Waals surface area (Å²) in [5.74, 6) is -6.57. The van der Waals surface area contributed by atoms with Gasteiger partial charge in [-0.1, -0.05) is 11.6 Å². The summed E-state index contributed by atoms with van der Waals surface area (Å²) < 4.78 is 25.1. The summed E-state index contributed by atoms with van der Waals surface area (Å²) in [5, 5.41) is 52.5. The van der Waals surface area contributed by atoms with Crippen molar-refractivity contribution in [3.8, 4) is 0 Å². The van der Waals surface area contributed by atoms with E-state index in [2.05, 4.69) is 15.0 Å². The Bertz CT molecular complexity index is 1670. The van der Waals surface area contributed by atoms with E-state index in [9.17, 15) is 69.5 Å². The van der Waals surface area contributed by atoms with E-state index in [0.29, 0.717) is 0 Å². The van der Waals surface area contributed by atoms with Gasteiger partial charge in [0.15, 0.2) is 53.0 Å². The molecule has 1 aliphatic rings. The fraction of sp³-hybridized carbons (Fsp3) is 0.583. The molecule has 2 heterocycles. The lowest BCUT2D eigenvalue weighted by molar-refractivity contribution is -0.479. The van der Waals surface area contributed by atoms with Gasteiger partial charge < -0.3 is 51.7 Å². The zero-order valence-electron chi connectivity index (χ0n) is 28.3. The molecule has 2 rings (SSSR count). The van der Waals surface area contributed by atoms with Crippen molar-refractivity contribution >= 4 is 71.4 Å². The Labute approximate surface area is 322 Å². The Kier molecular flexibility index (Phi) is 21.3. The largest absolute Gasteiger partial charge is 0.463 e. The van der Waals surface area contributed by atoms with Crippen LogP contribution in [0.5, 0.6) is 0 Å². The lowest BCUT2D eigenvalue weighted by Crippen LogP contribution is -2.62. The molecule has 0 aromatic carbocycles. The van der Waals surface area contributed by atoms with E-state index in [1.807, 2.05) is 0 Å². The van der Waals surface area contributed by atoms with Crippen molar-refractivity contribution in [2.45, 2.75) is 56.4 Å². The molecule has 0 spiro atoms. The number of anilines is 2. The maximum Gasteiger partial charge on any atom is 0.313 e. The van der Waals surface area contributed by atoms with E-state index < -0.39 is 145 Å². The van der Waals surface area contributed by atoms with Crippen LogP contribution in [0.3, 0.4) is 0 Å². The normalized spacial score (nSPS) is 18.2. The number of ether oxygens (including phenoxy) is 5. The van der Waals surface area contributed by atoms with Crippen molar-refractivity contribution in [3.05, 3.63) is 51.3 Å². The number of guanidine groups is 1. The maximum absolute atomic E-state index is 12.3. The summed E-state index contributed by atoms with van der Waals surface area (Å²) in [4.78, 5) is 109. The summed E-state index contributed by atoms with van der Waals surface area (Å²) in [6.07, 6.45) is -13.2. The first-order chi connectivity index (χ1) is 25.6. The third-order valence-electron chi connectivity index (χ3n) is 6.15. The van der Waals surface area contributed by atoms with Crippen molar-refractivity contribution in [1.82, 2.24) is 9.97 Å². The highest BCUT2D eigenvalue weighted by atomic mass is 35.5. The summed E-state index contributed by atoms with van der Waals surface area (Å²) in [5.41, 5.74) is 20.5. The SMILES string of the molecule is Cl.NC(N)=NC(=O)c1nc(Cl)c(N)nc1N.O=C(CC[N+](=O)[O-])OCC1OC(O)C(OC(=O)CC[N+](=O)[O-])C(OC(=O)CC[N+](=O)[O-])C1OC(=O)CC[N+](=O)[O-]. The number of esters is 4. The van der Waals surface area contributed by atoms with Crippen molar-refractivity contribution in [3.63, 3.8) is 0 Å². The number of aliphatic hydroxyl groups is 1. The topological polar surface area (TPSA) is 467 Å². The van der Waals surface area contributed by atoms with Crippen LogP contribution in [0.15, 0.2) is 4.99 Å². The van der Waals surface area contributed by atoms with Crippen LogP contribution >= 0.6 is 24.0 Å². The second-order valence-electron chi connectivity index (χ2n) is 10.3. The second kappa shape index (κ2) is 24.1. The Balaban J connectivity index is 0.00000158. The van der Waals surface area contributed by atoms with E-state index >= 15 is 0 Å². The van der Waals surface area contributed by atoms with Crippen LogP contribution in [0.4, 0.5) is 11.6 Å². The second-order valence-corrected chi connectivity index (χ2v) is 10.7. The number of aliphatic hydroxyl groups excluding tert-OH is 1. The first-order valence-electron chi connectivity index (χ1n) is 14.9. The summed E-state index contributed by atoms with van der Waals surface area (Å²) in [6, 6.07) is 0. The number of carbonyl (C=O) groups is 5. The first kappa shape index (κ1) is 49.6. The molecule has 1 amide bonds. The van der Waals surface area contributed by atoms with Crippen LogP contribution in [0.2, 0.25) is 5.15 Å². The summed E-state index contributed by atoms with van der Waals surface area (Å²) in [6.45, 7) is -4.46. The van der Waals surface area contributed by atoms with Crippen LogP contribution in [0, 0.1) is 40.5 Å². The van der Waals surface area contributed by atoms with Crippen LogP contribution in [0.1, 0.15) is 36.2 Å². The molecular weight excluding hydrogens is 817 g/mol. The van der Waals surface area contributed by atoms with Crippen LogP contribution in [0.25, 0.3) is 0 Å². The molecule has 5 atom stereocenters. The quantitative estimate of drug-likeness (QED) is 0.0242. The Morgan fingerprint density at radius 2 is 1.12 bits per heavy atom. The number of rotatable bonds is 18. The number of hydrogen-bond acceptors (Lipinski definition) is 23. The van der Waals surface area contributed by atoms with E-state index in [-0.39, 0.29) is 34.9 Å². The standard InChI is InChI=1S/C18H24N4O18.C6H8ClN7O.ClH/c23-11(1-5-19(28)29)36-9-10-15(38-12(24)2-6-20(30)31)16(39-13(25)3-7-21(32)33)17(18(27)37-10)40-14(26)4-8-22(34)35;7-2-4(9)13-3(8)1(12-2)5(15)14-6(10)11;/h10,15-18,27H,1-9H2;(H4,8,9,13)(H4,10,11,14,15);1H. The summed E-state index contributed by atoms with van der Waals surface area (Å²) >= 11 is 5.55. The van der Waals surface area contributed by atoms with Gasteiger partial charge in [0, 0.05) is 19.7 Å². The number of amides is 1. The van der Waals surface area contributed by atoms with Gasteiger partial charge in [0.1, 0.15) is 38.4 Å². The highest BCUT2D eigenvalue weighted by Crippen LogP contribution is 2.29. The van der Waals surface area contributed by atoms with Crippen molar-refractivity contribution < 1.29 is 72.5 Å². The van der Waals surface area contributed by atoms with Gasteiger partial charge in [0.05, 0.1) is 0 Å². The number of aliphatic imine (C=N–C) groups is 1. The molecule has 1 aromatic rings. The number of hydrogen-bond donors (Lipinski definition) is 5. The monoisotopic (exact) mass is 849 g/mol. The number of nitrogen functional groups attached to an aromatic ring is 2. The number of aromatic nitrogens is 2. The molecule has 9 N–H and O–H groups in total.